The summed E-state index contributed by atoms with van der Waals surface area (Å²) >= 11 is 0. The van der Waals surface area contributed by atoms with Gasteiger partial charge in [-0.25, -0.2) is 4.98 Å². The number of hydrogen-bond donors (Lipinski definition) is 3. The van der Waals surface area contributed by atoms with Crippen LogP contribution in [-0.4, -0.2) is 34.5 Å². The first-order valence-electron chi connectivity index (χ1n) is 6.26. The van der Waals surface area contributed by atoms with Crippen molar-refractivity contribution in [2.75, 3.05) is 6.54 Å². The molecule has 6 heteroatoms. The third-order valence-corrected chi connectivity index (χ3v) is 2.66. The van der Waals surface area contributed by atoms with Gasteiger partial charge in [-0.05, 0) is 25.5 Å². The number of aromatic nitrogens is 1. The average Bonchev–Trinajstić information content (AvgIpc) is 2.38. The van der Waals surface area contributed by atoms with Crippen molar-refractivity contribution >= 4 is 11.8 Å². The van der Waals surface area contributed by atoms with Gasteiger partial charge in [0.05, 0.1) is 0 Å². The smallest absolute Gasteiger partial charge is 0.273 e. The van der Waals surface area contributed by atoms with E-state index in [1.807, 2.05) is 13.8 Å². The Bertz CT molecular complexity index is 449. The number of nitrogens with one attached hydrogen (secondary N) is 2. The van der Waals surface area contributed by atoms with Crippen LogP contribution in [0.2, 0.25) is 0 Å². The summed E-state index contributed by atoms with van der Waals surface area (Å²) in [5, 5.41) is 14.8. The van der Waals surface area contributed by atoms with Gasteiger partial charge in [-0.2, -0.15) is 0 Å². The fourth-order valence-electron chi connectivity index (χ4n) is 1.39. The zero-order chi connectivity index (χ0) is 14.3. The van der Waals surface area contributed by atoms with Crippen LogP contribution in [0, 0.1) is 0 Å². The van der Waals surface area contributed by atoms with Gasteiger partial charge in [0.2, 0.25) is 5.91 Å². The van der Waals surface area contributed by atoms with E-state index in [4.69, 9.17) is 0 Å². The molecule has 104 valence electrons. The van der Waals surface area contributed by atoms with Crippen LogP contribution in [-0.2, 0) is 4.79 Å². The third kappa shape index (κ3) is 4.95. The van der Waals surface area contributed by atoms with Crippen molar-refractivity contribution in [2.24, 2.45) is 0 Å². The van der Waals surface area contributed by atoms with E-state index < -0.39 is 5.91 Å². The molecule has 3 N–H and O–H groups in total. The molecular formula is C13H19N3O3. The van der Waals surface area contributed by atoms with Crippen LogP contribution < -0.4 is 10.6 Å². The maximum Gasteiger partial charge on any atom is 0.273 e. The highest BCUT2D eigenvalue weighted by atomic mass is 16.3. The topological polar surface area (TPSA) is 91.3 Å². The number of nitrogens with zero attached hydrogens (tertiary/aromatic N) is 1. The number of aromatic hydroxyl groups is 1. The number of pyridine rings is 1. The minimum atomic E-state index is -0.491. The first-order valence-corrected chi connectivity index (χ1v) is 6.26. The van der Waals surface area contributed by atoms with E-state index in [2.05, 4.69) is 15.6 Å². The van der Waals surface area contributed by atoms with E-state index >= 15 is 0 Å². The van der Waals surface area contributed by atoms with E-state index in [-0.39, 0.29) is 36.4 Å². The Hall–Kier alpha value is -2.11. The molecule has 19 heavy (non-hydrogen) atoms. The summed E-state index contributed by atoms with van der Waals surface area (Å²) < 4.78 is 0. The Morgan fingerprint density at radius 1 is 1.47 bits per heavy atom. The summed E-state index contributed by atoms with van der Waals surface area (Å²) in [6.45, 7) is 4.11. The number of carbonyl (C=O) groups excluding carboxylic acids is 2. The van der Waals surface area contributed by atoms with Gasteiger partial charge in [0.25, 0.3) is 5.91 Å². The summed E-state index contributed by atoms with van der Waals surface area (Å²) in [5.41, 5.74) is -0.0372. The molecule has 0 aromatic carbocycles. The SMILES string of the molecule is CCC(C)NC(=O)CCNC(=O)c1ncccc1O. The van der Waals surface area contributed by atoms with Crippen LogP contribution in [0.15, 0.2) is 18.3 Å². The molecular weight excluding hydrogens is 246 g/mol. The Morgan fingerprint density at radius 3 is 2.84 bits per heavy atom. The highest BCUT2D eigenvalue weighted by Gasteiger charge is 2.12. The molecule has 1 heterocycles. The van der Waals surface area contributed by atoms with Gasteiger partial charge in [0.15, 0.2) is 5.69 Å². The highest BCUT2D eigenvalue weighted by Crippen LogP contribution is 2.11. The Balaban J connectivity index is 2.36. The van der Waals surface area contributed by atoms with Crippen LogP contribution in [0.1, 0.15) is 37.2 Å². The van der Waals surface area contributed by atoms with Crippen molar-refractivity contribution < 1.29 is 14.7 Å². The second kappa shape index (κ2) is 7.35. The summed E-state index contributed by atoms with van der Waals surface area (Å²) in [4.78, 5) is 26.9. The van der Waals surface area contributed by atoms with Crippen LogP contribution >= 0.6 is 0 Å². The maximum atomic E-state index is 11.7. The standard InChI is InChI=1S/C13H19N3O3/c1-3-9(2)16-11(18)6-8-15-13(19)12-10(17)5-4-7-14-12/h4-5,7,9,17H,3,6,8H2,1-2H3,(H,15,19)(H,16,18). The lowest BCUT2D eigenvalue weighted by Gasteiger charge is -2.11. The largest absolute Gasteiger partial charge is 0.505 e. The van der Waals surface area contributed by atoms with Crippen LogP contribution in [0.5, 0.6) is 5.75 Å². The van der Waals surface area contributed by atoms with Gasteiger partial charge in [-0.3, -0.25) is 9.59 Å². The van der Waals surface area contributed by atoms with E-state index in [0.717, 1.165) is 6.42 Å². The lowest BCUT2D eigenvalue weighted by atomic mass is 10.2. The Labute approximate surface area is 112 Å². The lowest BCUT2D eigenvalue weighted by molar-refractivity contribution is -0.121. The van der Waals surface area contributed by atoms with Crippen LogP contribution in [0.4, 0.5) is 0 Å². The monoisotopic (exact) mass is 265 g/mol. The van der Waals surface area contributed by atoms with E-state index in [9.17, 15) is 14.7 Å². The molecule has 0 aliphatic carbocycles. The summed E-state index contributed by atoms with van der Waals surface area (Å²) in [6.07, 6.45) is 2.48. The van der Waals surface area contributed by atoms with Gasteiger partial charge >= 0.3 is 0 Å². The van der Waals surface area contributed by atoms with Gasteiger partial charge in [-0.15, -0.1) is 0 Å². The molecule has 0 aliphatic heterocycles. The van der Waals surface area contributed by atoms with Crippen LogP contribution in [0.3, 0.4) is 0 Å². The molecule has 1 unspecified atom stereocenters. The molecule has 0 fully saturated rings. The third-order valence-electron chi connectivity index (χ3n) is 2.66. The molecule has 0 saturated carbocycles. The fourth-order valence-corrected chi connectivity index (χ4v) is 1.39. The first kappa shape index (κ1) is 14.9. The quantitative estimate of drug-likeness (QED) is 0.710. The van der Waals surface area contributed by atoms with Crippen molar-refractivity contribution in [2.45, 2.75) is 32.7 Å². The normalized spacial score (nSPS) is 11.7. The minimum absolute atomic E-state index is 0.0372. The van der Waals surface area contributed by atoms with Crippen molar-refractivity contribution in [3.05, 3.63) is 24.0 Å². The first-order chi connectivity index (χ1) is 9.04. The molecule has 1 aromatic heterocycles. The van der Waals surface area contributed by atoms with Gasteiger partial charge < -0.3 is 15.7 Å². The fraction of sp³-hybridized carbons (Fsp3) is 0.462. The average molecular weight is 265 g/mol. The Morgan fingerprint density at radius 2 is 2.21 bits per heavy atom. The molecule has 2 amide bonds. The molecule has 6 nitrogen and oxygen atoms in total. The van der Waals surface area contributed by atoms with E-state index in [1.54, 1.807) is 0 Å². The maximum absolute atomic E-state index is 11.7. The van der Waals surface area contributed by atoms with Crippen molar-refractivity contribution in [1.29, 1.82) is 0 Å². The summed E-state index contributed by atoms with van der Waals surface area (Å²) in [7, 11) is 0. The molecule has 0 radical (unpaired) electrons. The second-order valence-electron chi connectivity index (χ2n) is 4.25. The van der Waals surface area contributed by atoms with Gasteiger partial charge in [0.1, 0.15) is 5.75 Å². The molecule has 0 spiro atoms. The van der Waals surface area contributed by atoms with Crippen molar-refractivity contribution in [3.63, 3.8) is 0 Å². The number of rotatable bonds is 6. The predicted octanol–water partition coefficient (Wildman–Crippen LogP) is 0.822. The zero-order valence-electron chi connectivity index (χ0n) is 11.1. The van der Waals surface area contributed by atoms with E-state index in [1.165, 1.54) is 18.3 Å². The minimum Gasteiger partial charge on any atom is -0.505 e. The molecule has 1 rings (SSSR count). The van der Waals surface area contributed by atoms with E-state index in [0.29, 0.717) is 0 Å². The molecule has 1 aromatic rings. The summed E-state index contributed by atoms with van der Waals surface area (Å²) in [5.74, 6) is -0.779. The van der Waals surface area contributed by atoms with Crippen molar-refractivity contribution in [3.8, 4) is 5.75 Å². The number of carbonyl (C=O) groups is 2. The molecule has 0 aliphatic rings. The van der Waals surface area contributed by atoms with Gasteiger partial charge in [0, 0.05) is 25.2 Å². The van der Waals surface area contributed by atoms with Gasteiger partial charge in [-0.1, -0.05) is 6.92 Å². The molecule has 0 bridgehead atoms. The zero-order valence-corrected chi connectivity index (χ0v) is 11.1. The lowest BCUT2D eigenvalue weighted by Crippen LogP contribution is -2.35. The van der Waals surface area contributed by atoms with Crippen LogP contribution in [0.25, 0.3) is 0 Å². The second-order valence-corrected chi connectivity index (χ2v) is 4.25. The molecule has 0 saturated heterocycles. The molecule has 1 atom stereocenters. The number of amides is 2. The Kier molecular flexibility index (Phi) is 5.78. The number of hydrogen-bond acceptors (Lipinski definition) is 4. The highest BCUT2D eigenvalue weighted by molar-refractivity contribution is 5.94. The summed E-state index contributed by atoms with van der Waals surface area (Å²) in [6, 6.07) is 3.05. The predicted molar refractivity (Wildman–Crippen MR) is 70.7 cm³/mol. The van der Waals surface area contributed by atoms with Crippen molar-refractivity contribution in [1.82, 2.24) is 15.6 Å².